The Hall–Kier alpha value is -0.890. The Morgan fingerprint density at radius 3 is 2.94 bits per heavy atom. The van der Waals surface area contributed by atoms with Crippen LogP contribution in [0.1, 0.15) is 31.2 Å². The second-order valence-electron chi connectivity index (χ2n) is 4.44. The summed E-state index contributed by atoms with van der Waals surface area (Å²) >= 11 is 5.96. The van der Waals surface area contributed by atoms with Crippen molar-refractivity contribution in [1.82, 2.24) is 0 Å². The van der Waals surface area contributed by atoms with E-state index in [9.17, 15) is 9.18 Å². The molecule has 3 heteroatoms. The molecular formula is C13H14ClFO. The molecule has 0 N–H and O–H groups in total. The van der Waals surface area contributed by atoms with Gasteiger partial charge in [-0.25, -0.2) is 4.39 Å². The lowest BCUT2D eigenvalue weighted by atomic mass is 9.84. The smallest absolute Gasteiger partial charge is 0.133 e. The first-order valence-electron chi connectivity index (χ1n) is 5.61. The van der Waals surface area contributed by atoms with Crippen molar-refractivity contribution in [3.8, 4) is 0 Å². The highest BCUT2D eigenvalue weighted by Gasteiger charge is 2.20. The summed E-state index contributed by atoms with van der Waals surface area (Å²) in [6.45, 7) is 0. The number of hydrogen-bond acceptors (Lipinski definition) is 1. The largest absolute Gasteiger partial charge is 0.300 e. The van der Waals surface area contributed by atoms with Crippen LogP contribution in [0.2, 0.25) is 5.02 Å². The molecule has 1 atom stereocenters. The third-order valence-electron chi connectivity index (χ3n) is 3.11. The SMILES string of the molecule is O=C1CCCC(Cc2ccc(F)cc2Cl)C1. The zero-order chi connectivity index (χ0) is 11.5. The van der Waals surface area contributed by atoms with Crippen molar-refractivity contribution >= 4 is 17.4 Å². The lowest BCUT2D eigenvalue weighted by molar-refractivity contribution is -0.121. The Kier molecular flexibility index (Phi) is 3.59. The van der Waals surface area contributed by atoms with Crippen LogP contribution in [0.15, 0.2) is 18.2 Å². The minimum absolute atomic E-state index is 0.312. The van der Waals surface area contributed by atoms with E-state index in [1.54, 1.807) is 6.07 Å². The van der Waals surface area contributed by atoms with Gasteiger partial charge in [-0.15, -0.1) is 0 Å². The standard InChI is InChI=1S/C13H14ClFO/c14-13-8-11(15)5-4-10(13)6-9-2-1-3-12(16)7-9/h4-5,8-9H,1-3,6-7H2. The maximum absolute atomic E-state index is 12.8. The van der Waals surface area contributed by atoms with Crippen LogP contribution in [0.5, 0.6) is 0 Å². The summed E-state index contributed by atoms with van der Waals surface area (Å²) < 4.78 is 12.8. The third kappa shape index (κ3) is 2.82. The lowest BCUT2D eigenvalue weighted by Gasteiger charge is -2.21. The molecule has 1 aromatic rings. The Morgan fingerprint density at radius 2 is 2.25 bits per heavy atom. The number of carbonyl (C=O) groups is 1. The van der Waals surface area contributed by atoms with Gasteiger partial charge in [0.25, 0.3) is 0 Å². The van der Waals surface area contributed by atoms with Crippen molar-refractivity contribution in [3.05, 3.63) is 34.6 Å². The predicted octanol–water partition coefficient (Wildman–Crippen LogP) is 3.78. The van der Waals surface area contributed by atoms with Gasteiger partial charge in [0.15, 0.2) is 0 Å². The first-order chi connectivity index (χ1) is 7.65. The summed E-state index contributed by atoms with van der Waals surface area (Å²) in [6.07, 6.45) is 4.19. The van der Waals surface area contributed by atoms with Crippen molar-refractivity contribution in [1.29, 1.82) is 0 Å². The maximum Gasteiger partial charge on any atom is 0.133 e. The van der Waals surface area contributed by atoms with E-state index in [2.05, 4.69) is 0 Å². The zero-order valence-corrected chi connectivity index (χ0v) is 9.77. The summed E-state index contributed by atoms with van der Waals surface area (Å²) in [5.74, 6) is 0.409. The van der Waals surface area contributed by atoms with E-state index in [1.165, 1.54) is 12.1 Å². The van der Waals surface area contributed by atoms with Gasteiger partial charge >= 0.3 is 0 Å². The molecule has 0 saturated heterocycles. The van der Waals surface area contributed by atoms with Gasteiger partial charge in [-0.1, -0.05) is 17.7 Å². The van der Waals surface area contributed by atoms with Crippen LogP contribution in [0, 0.1) is 11.7 Å². The summed E-state index contributed by atoms with van der Waals surface area (Å²) in [6, 6.07) is 4.48. The van der Waals surface area contributed by atoms with E-state index in [-0.39, 0.29) is 5.82 Å². The van der Waals surface area contributed by atoms with Crippen LogP contribution in [-0.2, 0) is 11.2 Å². The van der Waals surface area contributed by atoms with Crippen molar-refractivity contribution in [3.63, 3.8) is 0 Å². The highest BCUT2D eigenvalue weighted by atomic mass is 35.5. The number of benzene rings is 1. The Morgan fingerprint density at radius 1 is 1.44 bits per heavy atom. The molecule has 1 fully saturated rings. The Labute approximate surface area is 99.6 Å². The van der Waals surface area contributed by atoms with E-state index in [0.717, 1.165) is 24.8 Å². The van der Waals surface area contributed by atoms with Gasteiger partial charge in [0, 0.05) is 17.9 Å². The van der Waals surface area contributed by atoms with Gasteiger partial charge in [0.05, 0.1) is 0 Å². The topological polar surface area (TPSA) is 17.1 Å². The van der Waals surface area contributed by atoms with Gasteiger partial charge in [-0.2, -0.15) is 0 Å². The van der Waals surface area contributed by atoms with Crippen LogP contribution in [0.4, 0.5) is 4.39 Å². The van der Waals surface area contributed by atoms with E-state index >= 15 is 0 Å². The molecule has 1 saturated carbocycles. The number of carbonyl (C=O) groups excluding carboxylic acids is 1. The molecule has 0 radical (unpaired) electrons. The first kappa shape index (κ1) is 11.6. The normalized spacial score (nSPS) is 21.1. The van der Waals surface area contributed by atoms with Crippen LogP contribution < -0.4 is 0 Å². The Balaban J connectivity index is 2.05. The summed E-state index contributed by atoms with van der Waals surface area (Å²) in [4.78, 5) is 11.3. The van der Waals surface area contributed by atoms with Gasteiger partial charge in [0.1, 0.15) is 11.6 Å². The second kappa shape index (κ2) is 4.96. The summed E-state index contributed by atoms with van der Waals surface area (Å²) in [5, 5.41) is 0.470. The molecule has 2 rings (SSSR count). The fourth-order valence-corrected chi connectivity index (χ4v) is 2.53. The average molecular weight is 241 g/mol. The molecule has 86 valence electrons. The van der Waals surface area contributed by atoms with E-state index in [4.69, 9.17) is 11.6 Å². The highest BCUT2D eigenvalue weighted by molar-refractivity contribution is 6.31. The number of Topliss-reactive ketones (excluding diaryl/α,β-unsaturated/α-hetero) is 1. The van der Waals surface area contributed by atoms with Crippen molar-refractivity contribution in [2.75, 3.05) is 0 Å². The molecule has 1 unspecified atom stereocenters. The van der Waals surface area contributed by atoms with Gasteiger partial charge < -0.3 is 0 Å². The molecule has 0 spiro atoms. The fourth-order valence-electron chi connectivity index (χ4n) is 2.29. The Bertz CT molecular complexity index is 403. The minimum Gasteiger partial charge on any atom is -0.300 e. The molecule has 16 heavy (non-hydrogen) atoms. The number of rotatable bonds is 2. The van der Waals surface area contributed by atoms with Crippen molar-refractivity contribution in [2.45, 2.75) is 32.1 Å². The summed E-state index contributed by atoms with van der Waals surface area (Å²) in [5.41, 5.74) is 0.947. The number of hydrogen-bond donors (Lipinski definition) is 0. The van der Waals surface area contributed by atoms with Crippen LogP contribution in [0.25, 0.3) is 0 Å². The molecule has 0 aromatic heterocycles. The minimum atomic E-state index is -0.312. The zero-order valence-electron chi connectivity index (χ0n) is 9.01. The fraction of sp³-hybridized carbons (Fsp3) is 0.462. The molecule has 0 heterocycles. The predicted molar refractivity (Wildman–Crippen MR) is 62.1 cm³/mol. The van der Waals surface area contributed by atoms with Crippen molar-refractivity contribution in [2.24, 2.45) is 5.92 Å². The number of halogens is 2. The molecule has 0 aliphatic heterocycles. The first-order valence-corrected chi connectivity index (χ1v) is 5.98. The molecule has 1 aliphatic carbocycles. The molecule has 1 aliphatic rings. The molecule has 1 aromatic carbocycles. The number of ketones is 1. The van der Waals surface area contributed by atoms with E-state index in [0.29, 0.717) is 29.6 Å². The highest BCUT2D eigenvalue weighted by Crippen LogP contribution is 2.28. The molecule has 0 amide bonds. The van der Waals surface area contributed by atoms with E-state index in [1.807, 2.05) is 0 Å². The maximum atomic E-state index is 12.8. The van der Waals surface area contributed by atoms with Crippen LogP contribution >= 0.6 is 11.6 Å². The molecular weight excluding hydrogens is 227 g/mol. The van der Waals surface area contributed by atoms with E-state index < -0.39 is 0 Å². The average Bonchev–Trinajstić information content (AvgIpc) is 2.22. The third-order valence-corrected chi connectivity index (χ3v) is 3.46. The summed E-state index contributed by atoms with van der Waals surface area (Å²) in [7, 11) is 0. The monoisotopic (exact) mass is 240 g/mol. The van der Waals surface area contributed by atoms with Crippen LogP contribution in [0.3, 0.4) is 0 Å². The van der Waals surface area contributed by atoms with Gasteiger partial charge in [-0.3, -0.25) is 4.79 Å². The quantitative estimate of drug-likeness (QED) is 0.769. The lowest BCUT2D eigenvalue weighted by Crippen LogP contribution is -2.17. The molecule has 0 bridgehead atoms. The van der Waals surface area contributed by atoms with Gasteiger partial charge in [0.2, 0.25) is 0 Å². The van der Waals surface area contributed by atoms with Crippen LogP contribution in [-0.4, -0.2) is 5.78 Å². The second-order valence-corrected chi connectivity index (χ2v) is 4.85. The van der Waals surface area contributed by atoms with Crippen molar-refractivity contribution < 1.29 is 9.18 Å². The van der Waals surface area contributed by atoms with Gasteiger partial charge in [-0.05, 0) is 42.9 Å². The molecule has 1 nitrogen and oxygen atoms in total.